The number of halogens is 1. The van der Waals surface area contributed by atoms with Crippen molar-refractivity contribution in [1.82, 2.24) is 5.32 Å². The van der Waals surface area contributed by atoms with Crippen molar-refractivity contribution < 1.29 is 18.9 Å². The molecule has 1 unspecified atom stereocenters. The number of guanidine groups is 1. The number of aliphatic imine (C=N–C) groups is 1. The molecule has 7 nitrogen and oxygen atoms in total. The fraction of sp³-hybridized carbons (Fsp3) is 0.522. The fourth-order valence-corrected chi connectivity index (χ4v) is 4.08. The van der Waals surface area contributed by atoms with Crippen LogP contribution in [0.5, 0.6) is 11.5 Å². The number of anilines is 1. The van der Waals surface area contributed by atoms with Gasteiger partial charge in [0, 0.05) is 42.8 Å². The van der Waals surface area contributed by atoms with E-state index < -0.39 is 0 Å². The molecule has 176 valence electrons. The number of fused-ring (bicyclic) bond motifs is 1. The van der Waals surface area contributed by atoms with E-state index in [4.69, 9.17) is 23.9 Å². The summed E-state index contributed by atoms with van der Waals surface area (Å²) in [6, 6.07) is 10.0. The standard InChI is InChI=1S/C23H31N3O4S.HI/c1-5-19(28-11-1)17-27-10-3-9-24-23(25-16-20-6-2-14-31-20)26-18-7-8-21-22(15-18)30-13-4-12-29-21;/h2,6-8,14-15,19H,1,3-5,9-13,16-17H2,(H2,24,25,26);1H. The molecular weight excluding hydrogens is 541 g/mol. The van der Waals surface area contributed by atoms with Gasteiger partial charge >= 0.3 is 0 Å². The van der Waals surface area contributed by atoms with E-state index in [9.17, 15) is 0 Å². The summed E-state index contributed by atoms with van der Waals surface area (Å²) in [5, 5.41) is 8.88. The quantitative estimate of drug-likeness (QED) is 0.197. The van der Waals surface area contributed by atoms with E-state index in [2.05, 4.69) is 22.1 Å². The van der Waals surface area contributed by atoms with Crippen molar-refractivity contribution in [3.05, 3.63) is 40.6 Å². The number of nitrogens with zero attached hydrogens (tertiary/aromatic N) is 1. The Kier molecular flexibility index (Phi) is 10.9. The number of hydrogen-bond donors (Lipinski definition) is 2. The Morgan fingerprint density at radius 2 is 2.03 bits per heavy atom. The summed E-state index contributed by atoms with van der Waals surface area (Å²) in [6.45, 7) is 5.01. The summed E-state index contributed by atoms with van der Waals surface area (Å²) in [4.78, 5) is 5.97. The Balaban J connectivity index is 0.00000289. The van der Waals surface area contributed by atoms with Gasteiger partial charge in [0.05, 0.1) is 32.5 Å². The molecule has 4 rings (SSSR count). The summed E-state index contributed by atoms with van der Waals surface area (Å²) in [7, 11) is 0. The van der Waals surface area contributed by atoms with Gasteiger partial charge in [0.2, 0.25) is 0 Å². The minimum Gasteiger partial charge on any atom is -0.490 e. The number of nitrogens with one attached hydrogen (secondary N) is 2. The van der Waals surface area contributed by atoms with Crippen LogP contribution < -0.4 is 20.1 Å². The molecule has 1 aromatic carbocycles. The van der Waals surface area contributed by atoms with E-state index in [1.165, 1.54) is 4.88 Å². The molecule has 1 atom stereocenters. The number of hydrogen-bond acceptors (Lipinski definition) is 6. The number of rotatable bonds is 9. The van der Waals surface area contributed by atoms with E-state index in [-0.39, 0.29) is 30.1 Å². The monoisotopic (exact) mass is 573 g/mol. The lowest BCUT2D eigenvalue weighted by Crippen LogP contribution is -2.32. The van der Waals surface area contributed by atoms with Gasteiger partial charge in [-0.2, -0.15) is 0 Å². The first-order valence-corrected chi connectivity index (χ1v) is 11.9. The molecule has 0 amide bonds. The van der Waals surface area contributed by atoms with Gasteiger partial charge < -0.3 is 29.6 Å². The normalized spacial score (nSPS) is 18.0. The lowest BCUT2D eigenvalue weighted by atomic mass is 10.2. The van der Waals surface area contributed by atoms with Crippen molar-refractivity contribution in [1.29, 1.82) is 0 Å². The van der Waals surface area contributed by atoms with Gasteiger partial charge in [0.15, 0.2) is 17.5 Å². The summed E-state index contributed by atoms with van der Waals surface area (Å²) >= 11 is 1.71. The zero-order chi connectivity index (χ0) is 21.1. The van der Waals surface area contributed by atoms with Crippen LogP contribution in [0.3, 0.4) is 0 Å². The maximum atomic E-state index is 5.81. The van der Waals surface area contributed by atoms with E-state index in [1.807, 2.05) is 24.3 Å². The van der Waals surface area contributed by atoms with Gasteiger partial charge in [0.25, 0.3) is 0 Å². The Hall–Kier alpha value is -1.56. The second-order valence-electron chi connectivity index (χ2n) is 7.57. The van der Waals surface area contributed by atoms with Crippen LogP contribution >= 0.6 is 35.3 Å². The minimum atomic E-state index is 0. The molecule has 1 aromatic heterocycles. The van der Waals surface area contributed by atoms with Crippen LogP contribution in [0.15, 0.2) is 40.7 Å². The predicted molar refractivity (Wildman–Crippen MR) is 139 cm³/mol. The number of thiophene rings is 1. The molecule has 0 saturated carbocycles. The second kappa shape index (κ2) is 13.9. The van der Waals surface area contributed by atoms with Crippen LogP contribution in [0.4, 0.5) is 5.69 Å². The highest BCUT2D eigenvalue weighted by Crippen LogP contribution is 2.32. The maximum absolute atomic E-state index is 5.81. The highest BCUT2D eigenvalue weighted by Gasteiger charge is 2.15. The largest absolute Gasteiger partial charge is 0.490 e. The molecule has 2 aromatic rings. The van der Waals surface area contributed by atoms with Gasteiger partial charge in [-0.15, -0.1) is 35.3 Å². The molecule has 2 aliphatic rings. The smallest absolute Gasteiger partial charge is 0.196 e. The Morgan fingerprint density at radius 3 is 2.84 bits per heavy atom. The summed E-state index contributed by atoms with van der Waals surface area (Å²) < 4.78 is 22.9. The van der Waals surface area contributed by atoms with Crippen LogP contribution in [0.1, 0.15) is 30.6 Å². The van der Waals surface area contributed by atoms with Crippen LogP contribution in [-0.4, -0.2) is 51.6 Å². The van der Waals surface area contributed by atoms with Crippen molar-refractivity contribution in [2.75, 3.05) is 44.9 Å². The average Bonchev–Trinajstić information content (AvgIpc) is 3.45. The Labute approximate surface area is 210 Å². The first kappa shape index (κ1) is 25.1. The average molecular weight is 573 g/mol. The van der Waals surface area contributed by atoms with Gasteiger partial charge in [0.1, 0.15) is 0 Å². The van der Waals surface area contributed by atoms with Crippen molar-refractivity contribution in [3.8, 4) is 11.5 Å². The first-order valence-electron chi connectivity index (χ1n) is 11.0. The summed E-state index contributed by atoms with van der Waals surface area (Å²) in [6.07, 6.45) is 4.31. The highest BCUT2D eigenvalue weighted by atomic mass is 127. The van der Waals surface area contributed by atoms with Crippen LogP contribution in [0.25, 0.3) is 0 Å². The molecule has 1 saturated heterocycles. The topological polar surface area (TPSA) is 73.3 Å². The third-order valence-electron chi connectivity index (χ3n) is 5.07. The first-order chi connectivity index (χ1) is 15.4. The van der Waals surface area contributed by atoms with E-state index in [1.54, 1.807) is 11.3 Å². The molecule has 0 aliphatic carbocycles. The zero-order valence-corrected chi connectivity index (χ0v) is 21.4. The van der Waals surface area contributed by atoms with Crippen molar-refractivity contribution in [2.45, 2.75) is 38.3 Å². The van der Waals surface area contributed by atoms with Crippen LogP contribution in [-0.2, 0) is 16.0 Å². The molecule has 32 heavy (non-hydrogen) atoms. The van der Waals surface area contributed by atoms with Crippen molar-refractivity contribution in [3.63, 3.8) is 0 Å². The number of benzene rings is 1. The molecule has 2 N–H and O–H groups in total. The predicted octanol–water partition coefficient (Wildman–Crippen LogP) is 4.67. The molecule has 0 spiro atoms. The lowest BCUT2D eigenvalue weighted by molar-refractivity contribution is 0.0168. The van der Waals surface area contributed by atoms with Gasteiger partial charge in [-0.05, 0) is 42.8 Å². The van der Waals surface area contributed by atoms with E-state index >= 15 is 0 Å². The molecule has 0 radical (unpaired) electrons. The highest BCUT2D eigenvalue weighted by molar-refractivity contribution is 14.0. The van der Waals surface area contributed by atoms with Gasteiger partial charge in [-0.3, -0.25) is 0 Å². The Morgan fingerprint density at radius 1 is 1.12 bits per heavy atom. The van der Waals surface area contributed by atoms with Crippen LogP contribution in [0.2, 0.25) is 0 Å². The lowest BCUT2D eigenvalue weighted by Gasteiger charge is -2.15. The Bertz CT molecular complexity index is 829. The van der Waals surface area contributed by atoms with E-state index in [0.717, 1.165) is 62.0 Å². The second-order valence-corrected chi connectivity index (χ2v) is 8.60. The molecule has 9 heteroatoms. The van der Waals surface area contributed by atoms with Gasteiger partial charge in [-0.1, -0.05) is 6.07 Å². The van der Waals surface area contributed by atoms with Gasteiger partial charge in [-0.25, -0.2) is 4.99 Å². The molecule has 0 bridgehead atoms. The molecule has 2 aliphatic heterocycles. The SMILES string of the molecule is I.c1csc(CN=C(NCCCOCC2CCCO2)Nc2ccc3c(c2)OCCCO3)c1. The summed E-state index contributed by atoms with van der Waals surface area (Å²) in [5.74, 6) is 2.29. The maximum Gasteiger partial charge on any atom is 0.196 e. The van der Waals surface area contributed by atoms with Crippen molar-refractivity contribution >= 4 is 47.0 Å². The zero-order valence-electron chi connectivity index (χ0n) is 18.2. The molecular formula is C23H32IN3O4S. The third-order valence-corrected chi connectivity index (χ3v) is 5.93. The molecule has 1 fully saturated rings. The summed E-state index contributed by atoms with van der Waals surface area (Å²) in [5.41, 5.74) is 0.913. The van der Waals surface area contributed by atoms with Crippen LogP contribution in [0, 0.1) is 0 Å². The van der Waals surface area contributed by atoms with Crippen molar-refractivity contribution in [2.24, 2.45) is 4.99 Å². The minimum absolute atomic E-state index is 0. The fourth-order valence-electron chi connectivity index (χ4n) is 3.45. The molecule has 3 heterocycles. The third kappa shape index (κ3) is 8.09. The van der Waals surface area contributed by atoms with E-state index in [0.29, 0.717) is 33.0 Å². The number of ether oxygens (including phenoxy) is 4.